The molecule has 13 heteroatoms. The second kappa shape index (κ2) is 10.8. The van der Waals surface area contributed by atoms with Crippen LogP contribution in [0.3, 0.4) is 0 Å². The van der Waals surface area contributed by atoms with E-state index in [1.807, 2.05) is 0 Å². The molecule has 0 fully saturated rings. The van der Waals surface area contributed by atoms with Crippen molar-refractivity contribution in [2.24, 2.45) is 5.92 Å². The Morgan fingerprint density at radius 3 is 2.57 bits per heavy atom. The molecule has 0 bridgehead atoms. The Labute approximate surface area is 210 Å². The number of carbonyl (C=O) groups excluding carboxylic acids is 1. The Kier molecular flexibility index (Phi) is 7.77. The second-order valence-electron chi connectivity index (χ2n) is 7.92. The molecule has 3 aromatic rings. The van der Waals surface area contributed by atoms with Crippen molar-refractivity contribution in [3.05, 3.63) is 48.3 Å². The molecule has 0 saturated carbocycles. The number of rotatable bonds is 9. The van der Waals surface area contributed by atoms with Crippen LogP contribution in [0.15, 0.2) is 51.7 Å². The fraction of sp³-hybridized carbons (Fsp3) is 0.318. The van der Waals surface area contributed by atoms with Crippen LogP contribution < -0.4 is 19.1 Å². The third kappa shape index (κ3) is 6.21. The van der Waals surface area contributed by atoms with E-state index >= 15 is 0 Å². The second-order valence-corrected chi connectivity index (χ2v) is 12.0. The Bertz CT molecular complexity index is 1300. The normalized spacial score (nSPS) is 13.0. The van der Waals surface area contributed by atoms with Crippen molar-refractivity contribution in [1.82, 2.24) is 10.2 Å². The summed E-state index contributed by atoms with van der Waals surface area (Å²) in [6.07, 6.45) is 0. The zero-order valence-corrected chi connectivity index (χ0v) is 21.4. The number of nitrogens with zero attached hydrogens (tertiary/aromatic N) is 3. The maximum Gasteiger partial charge on any atom is 0.264 e. The van der Waals surface area contributed by atoms with Gasteiger partial charge in [0, 0.05) is 11.8 Å². The number of nitrogens with one attached hydrogen (secondary N) is 1. The molecule has 4 rings (SSSR count). The smallest absolute Gasteiger partial charge is 0.264 e. The Morgan fingerprint density at radius 1 is 1.14 bits per heavy atom. The molecular formula is C22H23FN4O5S3. The largest absolute Gasteiger partial charge is 0.486 e. The number of aromatic nitrogens is 2. The van der Waals surface area contributed by atoms with Crippen molar-refractivity contribution >= 4 is 49.8 Å². The molecule has 0 saturated heterocycles. The molecule has 0 atom stereocenters. The number of carbonyl (C=O) groups is 1. The van der Waals surface area contributed by atoms with Gasteiger partial charge in [-0.2, -0.15) is 0 Å². The maximum absolute atomic E-state index is 13.6. The SMILES string of the molecule is CC(C)CSc1nnc(NC(=O)CN(c2ccc(F)cc2)S(=O)(=O)c2ccc3c(c2)OCCO3)s1. The van der Waals surface area contributed by atoms with Gasteiger partial charge in [-0.3, -0.25) is 14.4 Å². The number of halogens is 1. The van der Waals surface area contributed by atoms with Crippen molar-refractivity contribution in [1.29, 1.82) is 0 Å². The minimum atomic E-state index is -4.22. The average molecular weight is 539 g/mol. The molecule has 35 heavy (non-hydrogen) atoms. The van der Waals surface area contributed by atoms with Gasteiger partial charge in [0.15, 0.2) is 15.8 Å². The fourth-order valence-electron chi connectivity index (χ4n) is 3.08. The van der Waals surface area contributed by atoms with Crippen LogP contribution >= 0.6 is 23.1 Å². The lowest BCUT2D eigenvalue weighted by Gasteiger charge is -2.25. The van der Waals surface area contributed by atoms with Crippen molar-refractivity contribution in [2.75, 3.05) is 35.1 Å². The molecule has 1 aromatic heterocycles. The Morgan fingerprint density at radius 2 is 1.86 bits per heavy atom. The molecule has 0 radical (unpaired) electrons. The van der Waals surface area contributed by atoms with Crippen LogP contribution in [0.1, 0.15) is 13.8 Å². The quantitative estimate of drug-likeness (QED) is 0.321. The van der Waals surface area contributed by atoms with E-state index in [0.29, 0.717) is 35.0 Å². The van der Waals surface area contributed by atoms with Crippen LogP contribution in [0.4, 0.5) is 15.2 Å². The van der Waals surface area contributed by atoms with Crippen LogP contribution in [0.5, 0.6) is 11.5 Å². The molecule has 1 N–H and O–H groups in total. The summed E-state index contributed by atoms with van der Waals surface area (Å²) in [6.45, 7) is 4.27. The molecule has 0 aliphatic carbocycles. The number of anilines is 2. The lowest BCUT2D eigenvalue weighted by molar-refractivity contribution is -0.114. The number of amides is 1. The lowest BCUT2D eigenvalue weighted by atomic mass is 10.3. The van der Waals surface area contributed by atoms with E-state index in [0.717, 1.165) is 22.2 Å². The summed E-state index contributed by atoms with van der Waals surface area (Å²) in [5, 5.41) is 10.9. The van der Waals surface area contributed by atoms with Gasteiger partial charge < -0.3 is 9.47 Å². The van der Waals surface area contributed by atoms with Crippen LogP contribution in [0.25, 0.3) is 0 Å². The lowest BCUT2D eigenvalue weighted by Crippen LogP contribution is -2.38. The monoisotopic (exact) mass is 538 g/mol. The molecule has 2 aromatic carbocycles. The number of sulfonamides is 1. The summed E-state index contributed by atoms with van der Waals surface area (Å²) in [6, 6.07) is 9.07. The molecule has 186 valence electrons. The van der Waals surface area contributed by atoms with Gasteiger partial charge in [0.25, 0.3) is 10.0 Å². The summed E-state index contributed by atoms with van der Waals surface area (Å²) in [5.41, 5.74) is 0.127. The van der Waals surface area contributed by atoms with Gasteiger partial charge in [0.1, 0.15) is 25.6 Å². The van der Waals surface area contributed by atoms with Crippen LogP contribution in [-0.2, 0) is 14.8 Å². The summed E-state index contributed by atoms with van der Waals surface area (Å²) in [7, 11) is -4.22. The first kappa shape index (κ1) is 25.2. The third-order valence-corrected chi connectivity index (χ3v) is 8.87. The summed E-state index contributed by atoms with van der Waals surface area (Å²) >= 11 is 2.74. The number of ether oxygens (including phenoxy) is 2. The average Bonchev–Trinajstić information content (AvgIpc) is 3.28. The number of hydrogen-bond donors (Lipinski definition) is 1. The number of benzene rings is 2. The molecule has 0 unspecified atom stereocenters. The van der Waals surface area contributed by atoms with Gasteiger partial charge in [-0.05, 0) is 42.3 Å². The van der Waals surface area contributed by atoms with E-state index in [1.54, 1.807) is 0 Å². The van der Waals surface area contributed by atoms with E-state index in [-0.39, 0.29) is 15.7 Å². The van der Waals surface area contributed by atoms with Crippen molar-refractivity contribution in [3.63, 3.8) is 0 Å². The van der Waals surface area contributed by atoms with Gasteiger partial charge in [-0.25, -0.2) is 12.8 Å². The minimum absolute atomic E-state index is 0.0952. The highest BCUT2D eigenvalue weighted by atomic mass is 32.2. The Balaban J connectivity index is 1.57. The maximum atomic E-state index is 13.6. The molecule has 1 amide bonds. The molecule has 0 spiro atoms. The first-order chi connectivity index (χ1) is 16.7. The van der Waals surface area contributed by atoms with Crippen LogP contribution in [0.2, 0.25) is 0 Å². The van der Waals surface area contributed by atoms with E-state index < -0.39 is 28.3 Å². The number of fused-ring (bicyclic) bond motifs is 1. The molecule has 1 aliphatic rings. The van der Waals surface area contributed by atoms with E-state index in [2.05, 4.69) is 29.4 Å². The van der Waals surface area contributed by atoms with Gasteiger partial charge in [-0.1, -0.05) is 36.9 Å². The summed E-state index contributed by atoms with van der Waals surface area (Å²) < 4.78 is 53.2. The van der Waals surface area contributed by atoms with E-state index in [9.17, 15) is 17.6 Å². The summed E-state index contributed by atoms with van der Waals surface area (Å²) in [4.78, 5) is 12.8. The predicted octanol–water partition coefficient (Wildman–Crippen LogP) is 4.03. The highest BCUT2D eigenvalue weighted by Gasteiger charge is 2.29. The number of hydrogen-bond acceptors (Lipinski definition) is 9. The highest BCUT2D eigenvalue weighted by Crippen LogP contribution is 2.34. The van der Waals surface area contributed by atoms with Gasteiger partial charge >= 0.3 is 0 Å². The van der Waals surface area contributed by atoms with E-state index in [1.165, 1.54) is 53.4 Å². The van der Waals surface area contributed by atoms with Gasteiger partial charge in [-0.15, -0.1) is 10.2 Å². The highest BCUT2D eigenvalue weighted by molar-refractivity contribution is 8.01. The summed E-state index contributed by atoms with van der Waals surface area (Å²) in [5.74, 6) is 0.901. The first-order valence-electron chi connectivity index (χ1n) is 10.7. The van der Waals surface area contributed by atoms with Gasteiger partial charge in [0.05, 0.1) is 10.6 Å². The Hall–Kier alpha value is -2.90. The molecule has 9 nitrogen and oxygen atoms in total. The van der Waals surface area contributed by atoms with Crippen LogP contribution in [-0.4, -0.2) is 50.0 Å². The first-order valence-corrected chi connectivity index (χ1v) is 13.9. The zero-order chi connectivity index (χ0) is 25.0. The van der Waals surface area contributed by atoms with E-state index in [4.69, 9.17) is 9.47 Å². The third-order valence-electron chi connectivity index (χ3n) is 4.70. The molecular weight excluding hydrogens is 515 g/mol. The van der Waals surface area contributed by atoms with Gasteiger partial charge in [0.2, 0.25) is 11.0 Å². The predicted molar refractivity (Wildman–Crippen MR) is 132 cm³/mol. The fourth-order valence-corrected chi connectivity index (χ4v) is 6.26. The van der Waals surface area contributed by atoms with Crippen molar-refractivity contribution < 1.29 is 27.1 Å². The number of thioether (sulfide) groups is 1. The van der Waals surface area contributed by atoms with Crippen molar-refractivity contribution in [3.8, 4) is 11.5 Å². The molecule has 1 aliphatic heterocycles. The topological polar surface area (TPSA) is 111 Å². The zero-order valence-electron chi connectivity index (χ0n) is 18.9. The molecule has 2 heterocycles. The van der Waals surface area contributed by atoms with Crippen LogP contribution in [0, 0.1) is 11.7 Å². The minimum Gasteiger partial charge on any atom is -0.486 e. The van der Waals surface area contributed by atoms with Crippen molar-refractivity contribution in [2.45, 2.75) is 23.1 Å². The standard InChI is InChI=1S/C22H23FN4O5S3/c1-14(2)13-33-22-26-25-21(34-22)24-20(28)12-27(16-5-3-15(23)4-6-16)35(29,30)17-7-8-18-19(11-17)32-10-9-31-18/h3-8,11,14H,9-10,12-13H2,1-2H3,(H,24,25,28).